The molecule has 0 bridgehead atoms. The number of ether oxygens (including phenoxy) is 2. The normalized spacial score (nSPS) is 11.4. The van der Waals surface area contributed by atoms with E-state index in [0.29, 0.717) is 43.8 Å². The molecule has 1 aromatic heterocycles. The van der Waals surface area contributed by atoms with Crippen LogP contribution in [0, 0.1) is 10.1 Å². The standard InChI is InChI=1S/C26H22Br2N4O5/c1-15(2)25-30-22-8-7-18(27)11-21(22)26(33)31(25)29-13-17-10-19(28)12-23(36-3)24(17)37-14-16-5-4-6-20(9-16)32(34)35/h4-13,15H,14H2,1-3H3. The van der Waals surface area contributed by atoms with E-state index in [0.717, 1.165) is 4.47 Å². The molecular weight excluding hydrogens is 608 g/mol. The van der Waals surface area contributed by atoms with E-state index in [1.165, 1.54) is 30.1 Å². The lowest BCUT2D eigenvalue weighted by atomic mass is 10.2. The van der Waals surface area contributed by atoms with Crippen molar-refractivity contribution >= 4 is 54.7 Å². The zero-order chi connectivity index (χ0) is 26.7. The molecule has 0 amide bonds. The maximum Gasteiger partial charge on any atom is 0.282 e. The zero-order valence-corrected chi connectivity index (χ0v) is 23.3. The number of nitro benzene ring substituents is 1. The minimum Gasteiger partial charge on any atom is -0.493 e. The lowest BCUT2D eigenvalue weighted by Gasteiger charge is -2.15. The predicted molar refractivity (Wildman–Crippen MR) is 149 cm³/mol. The van der Waals surface area contributed by atoms with Gasteiger partial charge in [0.15, 0.2) is 11.5 Å². The molecule has 0 radical (unpaired) electrons. The summed E-state index contributed by atoms with van der Waals surface area (Å²) in [6.07, 6.45) is 1.51. The number of nitrogens with zero attached hydrogens (tertiary/aromatic N) is 4. The van der Waals surface area contributed by atoms with Gasteiger partial charge in [0.05, 0.1) is 29.2 Å². The van der Waals surface area contributed by atoms with E-state index in [1.807, 2.05) is 19.9 Å². The second-order valence-electron chi connectivity index (χ2n) is 8.39. The highest BCUT2D eigenvalue weighted by molar-refractivity contribution is 9.10. The third-order valence-electron chi connectivity index (χ3n) is 5.43. The van der Waals surface area contributed by atoms with Gasteiger partial charge in [0, 0.05) is 32.6 Å². The Kier molecular flexibility index (Phi) is 8.03. The van der Waals surface area contributed by atoms with Crippen molar-refractivity contribution in [2.75, 3.05) is 7.11 Å². The Bertz CT molecular complexity index is 1580. The summed E-state index contributed by atoms with van der Waals surface area (Å²) in [4.78, 5) is 28.7. The number of nitro groups is 1. The van der Waals surface area contributed by atoms with E-state index in [4.69, 9.17) is 9.47 Å². The lowest BCUT2D eigenvalue weighted by Crippen LogP contribution is -2.23. The largest absolute Gasteiger partial charge is 0.493 e. The average molecular weight is 630 g/mol. The molecule has 0 unspecified atom stereocenters. The summed E-state index contributed by atoms with van der Waals surface area (Å²) in [6.45, 7) is 3.94. The van der Waals surface area contributed by atoms with E-state index in [-0.39, 0.29) is 23.8 Å². The Morgan fingerprint density at radius 3 is 2.62 bits per heavy atom. The molecule has 0 aliphatic carbocycles. The van der Waals surface area contributed by atoms with Crippen molar-refractivity contribution in [1.29, 1.82) is 0 Å². The van der Waals surface area contributed by atoms with Gasteiger partial charge in [-0.05, 0) is 35.9 Å². The second-order valence-corrected chi connectivity index (χ2v) is 10.2. The van der Waals surface area contributed by atoms with Gasteiger partial charge in [0.1, 0.15) is 12.4 Å². The van der Waals surface area contributed by atoms with Crippen LogP contribution in [0.15, 0.2) is 73.4 Å². The van der Waals surface area contributed by atoms with Crippen molar-refractivity contribution in [2.45, 2.75) is 26.4 Å². The molecule has 11 heteroatoms. The van der Waals surface area contributed by atoms with E-state index < -0.39 is 4.92 Å². The SMILES string of the molecule is COc1cc(Br)cc(C=Nn2c(C(C)C)nc3ccc(Br)cc3c2=O)c1OCc1cccc([N+](=O)[O-])c1. The maximum absolute atomic E-state index is 13.4. The number of hydrogen-bond acceptors (Lipinski definition) is 7. The van der Waals surface area contributed by atoms with Gasteiger partial charge in [-0.3, -0.25) is 14.9 Å². The van der Waals surface area contributed by atoms with E-state index >= 15 is 0 Å². The molecule has 9 nitrogen and oxygen atoms in total. The molecule has 0 saturated carbocycles. The van der Waals surface area contributed by atoms with Crippen molar-refractivity contribution in [3.05, 3.63) is 101 Å². The lowest BCUT2D eigenvalue weighted by molar-refractivity contribution is -0.384. The first kappa shape index (κ1) is 26.5. The van der Waals surface area contributed by atoms with Gasteiger partial charge in [-0.1, -0.05) is 57.8 Å². The Balaban J connectivity index is 1.77. The smallest absolute Gasteiger partial charge is 0.282 e. The summed E-state index contributed by atoms with van der Waals surface area (Å²) >= 11 is 6.88. The van der Waals surface area contributed by atoms with Crippen LogP contribution in [0.4, 0.5) is 5.69 Å². The van der Waals surface area contributed by atoms with Crippen molar-refractivity contribution in [1.82, 2.24) is 9.66 Å². The maximum atomic E-state index is 13.4. The van der Waals surface area contributed by atoms with Crippen molar-refractivity contribution in [3.8, 4) is 11.5 Å². The molecule has 190 valence electrons. The number of non-ortho nitro benzene ring substituents is 1. The molecule has 37 heavy (non-hydrogen) atoms. The molecule has 4 aromatic rings. The van der Waals surface area contributed by atoms with Crippen molar-refractivity contribution in [3.63, 3.8) is 0 Å². The van der Waals surface area contributed by atoms with Gasteiger partial charge in [-0.25, -0.2) is 4.98 Å². The predicted octanol–water partition coefficient (Wildman–Crippen LogP) is 6.42. The number of methoxy groups -OCH3 is 1. The van der Waals surface area contributed by atoms with Gasteiger partial charge in [0.2, 0.25) is 0 Å². The third-order valence-corrected chi connectivity index (χ3v) is 6.39. The highest BCUT2D eigenvalue weighted by atomic mass is 79.9. The molecule has 0 saturated heterocycles. The molecule has 0 spiro atoms. The van der Waals surface area contributed by atoms with Crippen LogP contribution in [0.3, 0.4) is 0 Å². The van der Waals surface area contributed by atoms with Crippen LogP contribution in [0.5, 0.6) is 11.5 Å². The topological polar surface area (TPSA) is 109 Å². The molecule has 0 atom stereocenters. The summed E-state index contributed by atoms with van der Waals surface area (Å²) in [7, 11) is 1.51. The second kappa shape index (κ2) is 11.2. The Hall–Kier alpha value is -3.57. The Morgan fingerprint density at radius 2 is 1.92 bits per heavy atom. The first-order valence-electron chi connectivity index (χ1n) is 11.2. The van der Waals surface area contributed by atoms with E-state index in [2.05, 4.69) is 41.9 Å². The first-order valence-corrected chi connectivity index (χ1v) is 12.8. The van der Waals surface area contributed by atoms with Crippen LogP contribution in [0.2, 0.25) is 0 Å². The van der Waals surface area contributed by atoms with Crippen LogP contribution in [-0.4, -0.2) is 27.9 Å². The fourth-order valence-corrected chi connectivity index (χ4v) is 4.49. The summed E-state index contributed by atoms with van der Waals surface area (Å²) < 4.78 is 14.3. The number of aromatic nitrogens is 2. The number of fused-ring (bicyclic) bond motifs is 1. The van der Waals surface area contributed by atoms with Crippen LogP contribution in [0.1, 0.15) is 36.7 Å². The van der Waals surface area contributed by atoms with Crippen molar-refractivity contribution in [2.24, 2.45) is 5.10 Å². The summed E-state index contributed by atoms with van der Waals surface area (Å²) in [5.74, 6) is 1.24. The molecule has 1 heterocycles. The summed E-state index contributed by atoms with van der Waals surface area (Å²) in [6, 6.07) is 15.1. The molecule has 0 aliphatic heterocycles. The van der Waals surface area contributed by atoms with Crippen LogP contribution in [0.25, 0.3) is 10.9 Å². The van der Waals surface area contributed by atoms with Crippen LogP contribution in [-0.2, 0) is 6.61 Å². The molecule has 3 aromatic carbocycles. The summed E-state index contributed by atoms with van der Waals surface area (Å²) in [5, 5.41) is 16.1. The van der Waals surface area contributed by atoms with Gasteiger partial charge < -0.3 is 9.47 Å². The van der Waals surface area contributed by atoms with E-state index in [1.54, 1.807) is 36.4 Å². The molecular formula is C26H22Br2N4O5. The van der Waals surface area contributed by atoms with Gasteiger partial charge in [-0.2, -0.15) is 9.78 Å². The zero-order valence-electron chi connectivity index (χ0n) is 20.1. The highest BCUT2D eigenvalue weighted by Crippen LogP contribution is 2.35. The first-order chi connectivity index (χ1) is 17.7. The fourth-order valence-electron chi connectivity index (χ4n) is 3.68. The molecule has 0 fully saturated rings. The molecule has 0 N–H and O–H groups in total. The Morgan fingerprint density at radius 1 is 1.14 bits per heavy atom. The van der Waals surface area contributed by atoms with Crippen LogP contribution >= 0.6 is 31.9 Å². The minimum atomic E-state index is -0.456. The quantitative estimate of drug-likeness (QED) is 0.126. The van der Waals surface area contributed by atoms with Gasteiger partial charge >= 0.3 is 0 Å². The minimum absolute atomic E-state index is 0.0262. The summed E-state index contributed by atoms with van der Waals surface area (Å²) in [5.41, 5.74) is 1.42. The van der Waals surface area contributed by atoms with Gasteiger partial charge in [-0.15, -0.1) is 0 Å². The average Bonchev–Trinajstić information content (AvgIpc) is 2.87. The van der Waals surface area contributed by atoms with Crippen molar-refractivity contribution < 1.29 is 14.4 Å². The number of hydrogen-bond donors (Lipinski definition) is 0. The molecule has 0 aliphatic rings. The molecule has 4 rings (SSSR count). The third kappa shape index (κ3) is 5.89. The van der Waals surface area contributed by atoms with Gasteiger partial charge in [0.25, 0.3) is 11.2 Å². The number of halogens is 2. The number of benzene rings is 3. The van der Waals surface area contributed by atoms with E-state index in [9.17, 15) is 14.9 Å². The highest BCUT2D eigenvalue weighted by Gasteiger charge is 2.16. The number of rotatable bonds is 8. The Labute approximate surface area is 229 Å². The monoisotopic (exact) mass is 628 g/mol. The fraction of sp³-hybridized carbons (Fsp3) is 0.192. The van der Waals surface area contributed by atoms with Crippen LogP contribution < -0.4 is 15.0 Å².